The van der Waals surface area contributed by atoms with Crippen molar-refractivity contribution >= 4 is 11.5 Å². The van der Waals surface area contributed by atoms with E-state index in [1.54, 1.807) is 13.0 Å². The van der Waals surface area contributed by atoms with Crippen LogP contribution in [0.25, 0.3) is 0 Å². The zero-order chi connectivity index (χ0) is 14.5. The maximum absolute atomic E-state index is 11.0. The first-order valence-corrected chi connectivity index (χ1v) is 6.24. The summed E-state index contributed by atoms with van der Waals surface area (Å²) in [6.45, 7) is 2.68. The molecule has 0 atom stereocenters. The molecular formula is C14H16N4O2. The number of rotatable bonds is 5. The van der Waals surface area contributed by atoms with Crippen molar-refractivity contribution in [3.05, 3.63) is 63.3 Å². The van der Waals surface area contributed by atoms with Crippen LogP contribution in [0.5, 0.6) is 0 Å². The van der Waals surface area contributed by atoms with Gasteiger partial charge in [0, 0.05) is 24.8 Å². The van der Waals surface area contributed by atoms with Gasteiger partial charge in [0.1, 0.15) is 0 Å². The summed E-state index contributed by atoms with van der Waals surface area (Å²) < 4.78 is 0. The molecule has 0 saturated heterocycles. The molecular weight excluding hydrogens is 256 g/mol. The fourth-order valence-electron chi connectivity index (χ4n) is 1.93. The van der Waals surface area contributed by atoms with Gasteiger partial charge in [0.2, 0.25) is 5.82 Å². The standard InChI is InChI=1S/C14H16N4O2/c1-10-6-7-13(18(19)20)14(17-10)16-9-12-5-3-2-4-11(12)8-15/h2-7H,8-9,15H2,1H3,(H,16,17). The van der Waals surface area contributed by atoms with Gasteiger partial charge in [-0.15, -0.1) is 0 Å². The van der Waals surface area contributed by atoms with Gasteiger partial charge in [-0.05, 0) is 24.1 Å². The Balaban J connectivity index is 2.22. The van der Waals surface area contributed by atoms with Gasteiger partial charge < -0.3 is 11.1 Å². The molecule has 0 amide bonds. The molecule has 0 aliphatic heterocycles. The Morgan fingerprint density at radius 2 is 1.95 bits per heavy atom. The SMILES string of the molecule is Cc1ccc([N+](=O)[O-])c(NCc2ccccc2CN)n1. The highest BCUT2D eigenvalue weighted by molar-refractivity contribution is 5.56. The molecule has 6 heteroatoms. The number of hydrogen-bond donors (Lipinski definition) is 2. The second-order valence-corrected chi connectivity index (χ2v) is 4.40. The number of nitrogens with zero attached hydrogens (tertiary/aromatic N) is 2. The first-order valence-electron chi connectivity index (χ1n) is 6.24. The molecule has 0 aliphatic rings. The van der Waals surface area contributed by atoms with Crippen molar-refractivity contribution < 1.29 is 4.92 Å². The highest BCUT2D eigenvalue weighted by Crippen LogP contribution is 2.22. The lowest BCUT2D eigenvalue weighted by Gasteiger charge is -2.10. The number of pyridine rings is 1. The number of aromatic nitrogens is 1. The fourth-order valence-corrected chi connectivity index (χ4v) is 1.93. The number of aryl methyl sites for hydroxylation is 1. The minimum atomic E-state index is -0.441. The minimum absolute atomic E-state index is 0.0270. The number of nitrogens with one attached hydrogen (secondary N) is 1. The average molecular weight is 272 g/mol. The van der Waals surface area contributed by atoms with Crippen molar-refractivity contribution in [1.82, 2.24) is 4.98 Å². The molecule has 0 saturated carbocycles. The van der Waals surface area contributed by atoms with E-state index in [0.717, 1.165) is 16.8 Å². The predicted molar refractivity (Wildman–Crippen MR) is 77.3 cm³/mol. The Hall–Kier alpha value is -2.47. The van der Waals surface area contributed by atoms with Crippen LogP contribution in [-0.2, 0) is 13.1 Å². The van der Waals surface area contributed by atoms with E-state index < -0.39 is 4.92 Å². The fraction of sp³-hybridized carbons (Fsp3) is 0.214. The summed E-state index contributed by atoms with van der Waals surface area (Å²) in [7, 11) is 0. The molecule has 1 heterocycles. The van der Waals surface area contributed by atoms with Gasteiger partial charge in [-0.3, -0.25) is 10.1 Å². The molecule has 0 fully saturated rings. The van der Waals surface area contributed by atoms with Gasteiger partial charge in [0.15, 0.2) is 0 Å². The van der Waals surface area contributed by atoms with Crippen molar-refractivity contribution in [2.24, 2.45) is 5.73 Å². The molecule has 104 valence electrons. The lowest BCUT2D eigenvalue weighted by atomic mass is 10.1. The molecule has 1 aromatic carbocycles. The topological polar surface area (TPSA) is 94.1 Å². The van der Waals surface area contributed by atoms with E-state index in [1.807, 2.05) is 24.3 Å². The quantitative estimate of drug-likeness (QED) is 0.643. The summed E-state index contributed by atoms with van der Waals surface area (Å²) in [5.41, 5.74) is 8.39. The Bertz CT molecular complexity index is 628. The first-order chi connectivity index (χ1) is 9.61. The average Bonchev–Trinajstić information content (AvgIpc) is 2.45. The maximum atomic E-state index is 11.0. The summed E-state index contributed by atoms with van der Waals surface area (Å²) in [5.74, 6) is 0.279. The number of nitrogens with two attached hydrogens (primary N) is 1. The highest BCUT2D eigenvalue weighted by Gasteiger charge is 2.15. The summed E-state index contributed by atoms with van der Waals surface area (Å²) in [6, 6.07) is 10.8. The zero-order valence-electron chi connectivity index (χ0n) is 11.2. The normalized spacial score (nSPS) is 10.3. The van der Waals surface area contributed by atoms with Crippen LogP contribution in [0.2, 0.25) is 0 Å². The smallest absolute Gasteiger partial charge is 0.311 e. The summed E-state index contributed by atoms with van der Waals surface area (Å²) in [6.07, 6.45) is 0. The number of hydrogen-bond acceptors (Lipinski definition) is 5. The van der Waals surface area contributed by atoms with Gasteiger partial charge in [0.05, 0.1) is 4.92 Å². The number of anilines is 1. The number of nitro groups is 1. The van der Waals surface area contributed by atoms with Crippen LogP contribution in [0.1, 0.15) is 16.8 Å². The predicted octanol–water partition coefficient (Wildman–Crippen LogP) is 2.37. The first kappa shape index (κ1) is 14.0. The van der Waals surface area contributed by atoms with Crippen LogP contribution in [0.15, 0.2) is 36.4 Å². The molecule has 0 unspecified atom stereocenters. The Morgan fingerprint density at radius 3 is 2.60 bits per heavy atom. The lowest BCUT2D eigenvalue weighted by molar-refractivity contribution is -0.384. The third kappa shape index (κ3) is 3.10. The van der Waals surface area contributed by atoms with Crippen LogP contribution in [0.4, 0.5) is 11.5 Å². The van der Waals surface area contributed by atoms with Gasteiger partial charge >= 0.3 is 5.69 Å². The van der Waals surface area contributed by atoms with Crippen molar-refractivity contribution in [2.75, 3.05) is 5.32 Å². The molecule has 0 aliphatic carbocycles. The van der Waals surface area contributed by atoms with Crippen LogP contribution in [0.3, 0.4) is 0 Å². The molecule has 0 spiro atoms. The molecule has 0 radical (unpaired) electrons. The van der Waals surface area contributed by atoms with Gasteiger partial charge in [0.25, 0.3) is 0 Å². The van der Waals surface area contributed by atoms with E-state index in [2.05, 4.69) is 10.3 Å². The molecule has 20 heavy (non-hydrogen) atoms. The second kappa shape index (κ2) is 6.12. The van der Waals surface area contributed by atoms with E-state index in [0.29, 0.717) is 13.1 Å². The largest absolute Gasteiger partial charge is 0.360 e. The van der Waals surface area contributed by atoms with Crippen LogP contribution >= 0.6 is 0 Å². The van der Waals surface area contributed by atoms with Gasteiger partial charge in [-0.25, -0.2) is 4.98 Å². The van der Waals surface area contributed by atoms with Gasteiger partial charge in [-0.1, -0.05) is 24.3 Å². The van der Waals surface area contributed by atoms with Crippen LogP contribution in [-0.4, -0.2) is 9.91 Å². The van der Waals surface area contributed by atoms with E-state index >= 15 is 0 Å². The molecule has 0 bridgehead atoms. The lowest BCUT2D eigenvalue weighted by Crippen LogP contribution is -2.08. The number of benzene rings is 1. The van der Waals surface area contributed by atoms with Crippen molar-refractivity contribution in [3.63, 3.8) is 0 Å². The molecule has 2 rings (SSSR count). The van der Waals surface area contributed by atoms with Crippen molar-refractivity contribution in [3.8, 4) is 0 Å². The molecule has 6 nitrogen and oxygen atoms in total. The van der Waals surface area contributed by atoms with Crippen LogP contribution in [0, 0.1) is 17.0 Å². The third-order valence-electron chi connectivity index (χ3n) is 2.99. The Kier molecular flexibility index (Phi) is 4.27. The molecule has 3 N–H and O–H groups in total. The maximum Gasteiger partial charge on any atom is 0.311 e. The Morgan fingerprint density at radius 1 is 1.25 bits per heavy atom. The molecule has 1 aromatic heterocycles. The van der Waals surface area contributed by atoms with E-state index in [-0.39, 0.29) is 11.5 Å². The third-order valence-corrected chi connectivity index (χ3v) is 2.99. The summed E-state index contributed by atoms with van der Waals surface area (Å²) in [5, 5.41) is 14.0. The second-order valence-electron chi connectivity index (χ2n) is 4.40. The highest BCUT2D eigenvalue weighted by atomic mass is 16.6. The summed E-state index contributed by atoms with van der Waals surface area (Å²) >= 11 is 0. The van der Waals surface area contributed by atoms with Crippen molar-refractivity contribution in [2.45, 2.75) is 20.0 Å². The van der Waals surface area contributed by atoms with E-state index in [4.69, 9.17) is 5.73 Å². The Labute approximate surface area is 116 Å². The summed E-state index contributed by atoms with van der Waals surface area (Å²) in [4.78, 5) is 14.7. The molecule has 2 aromatic rings. The van der Waals surface area contributed by atoms with Crippen molar-refractivity contribution in [1.29, 1.82) is 0 Å². The minimum Gasteiger partial charge on any atom is -0.360 e. The van der Waals surface area contributed by atoms with Gasteiger partial charge in [-0.2, -0.15) is 0 Å². The monoisotopic (exact) mass is 272 g/mol. The van der Waals surface area contributed by atoms with E-state index in [1.165, 1.54) is 6.07 Å². The van der Waals surface area contributed by atoms with Crippen LogP contribution < -0.4 is 11.1 Å². The van der Waals surface area contributed by atoms with E-state index in [9.17, 15) is 10.1 Å². The zero-order valence-corrected chi connectivity index (χ0v) is 11.2.